The lowest BCUT2D eigenvalue weighted by Gasteiger charge is -2.13. The Morgan fingerprint density at radius 2 is 1.38 bits per heavy atom. The summed E-state index contributed by atoms with van der Waals surface area (Å²) in [6, 6.07) is 11.1. The van der Waals surface area contributed by atoms with Crippen LogP contribution in [0.2, 0.25) is 0 Å². The van der Waals surface area contributed by atoms with Crippen molar-refractivity contribution >= 4 is 23.3 Å². The molecule has 0 saturated heterocycles. The largest absolute Gasteiger partial charge is 0.463 e. The number of para-hydroxylation sites is 1. The van der Waals surface area contributed by atoms with Gasteiger partial charge in [0.1, 0.15) is 13.2 Å². The van der Waals surface area contributed by atoms with Crippen molar-refractivity contribution in [2.24, 2.45) is 0 Å². The minimum atomic E-state index is -4.47. The van der Waals surface area contributed by atoms with Crippen LogP contribution in [0.1, 0.15) is 74.2 Å². The quantitative estimate of drug-likeness (QED) is 0.133. The van der Waals surface area contributed by atoms with E-state index in [1.54, 1.807) is 18.2 Å². The van der Waals surface area contributed by atoms with Gasteiger partial charge in [0.05, 0.1) is 43.2 Å². The summed E-state index contributed by atoms with van der Waals surface area (Å²) in [7, 11) is 0. The second-order valence-electron chi connectivity index (χ2n) is 9.20. The zero-order valence-corrected chi connectivity index (χ0v) is 23.1. The SMILES string of the molecule is CCCCCCCCCC(=O)OCCOCCOCCOC(=O)c1ccccc1Nc1cccc(C(F)(F)F)c1. The number of anilines is 2. The Morgan fingerprint density at radius 3 is 2.08 bits per heavy atom. The summed E-state index contributed by atoms with van der Waals surface area (Å²) in [5.41, 5.74) is -0.0890. The molecular formula is C30H40F3NO6. The minimum absolute atomic E-state index is 0.00700. The molecule has 2 aromatic rings. The second-order valence-corrected chi connectivity index (χ2v) is 9.20. The van der Waals surface area contributed by atoms with Crippen molar-refractivity contribution < 1.29 is 41.7 Å². The lowest BCUT2D eigenvalue weighted by Crippen LogP contribution is -2.15. The Bertz CT molecular complexity index is 1010. The minimum Gasteiger partial charge on any atom is -0.463 e. The van der Waals surface area contributed by atoms with Gasteiger partial charge in [-0.3, -0.25) is 4.79 Å². The first-order chi connectivity index (χ1) is 19.3. The summed E-state index contributed by atoms with van der Waals surface area (Å²) >= 11 is 0. The third-order valence-corrected chi connectivity index (χ3v) is 5.92. The molecule has 0 aliphatic carbocycles. The Morgan fingerprint density at radius 1 is 0.750 bits per heavy atom. The van der Waals surface area contributed by atoms with Crippen LogP contribution < -0.4 is 5.32 Å². The maximum absolute atomic E-state index is 13.0. The predicted molar refractivity (Wildman–Crippen MR) is 147 cm³/mol. The predicted octanol–water partition coefficient (Wildman–Crippen LogP) is 7.32. The Balaban J connectivity index is 1.55. The highest BCUT2D eigenvalue weighted by Crippen LogP contribution is 2.32. The number of esters is 2. The van der Waals surface area contributed by atoms with E-state index in [1.807, 2.05) is 0 Å². The van der Waals surface area contributed by atoms with Crippen LogP contribution in [0.15, 0.2) is 48.5 Å². The van der Waals surface area contributed by atoms with Gasteiger partial charge < -0.3 is 24.3 Å². The number of benzene rings is 2. The number of alkyl halides is 3. The summed E-state index contributed by atoms with van der Waals surface area (Å²) in [4.78, 5) is 24.2. The highest BCUT2D eigenvalue weighted by molar-refractivity contribution is 5.96. The van der Waals surface area contributed by atoms with Crippen molar-refractivity contribution in [1.29, 1.82) is 0 Å². The van der Waals surface area contributed by atoms with Gasteiger partial charge in [-0.1, -0.05) is 63.6 Å². The third kappa shape index (κ3) is 13.8. The van der Waals surface area contributed by atoms with Crippen molar-refractivity contribution in [2.75, 3.05) is 45.0 Å². The molecule has 0 aliphatic rings. The van der Waals surface area contributed by atoms with E-state index in [0.29, 0.717) is 18.7 Å². The molecule has 0 fully saturated rings. The highest BCUT2D eigenvalue weighted by atomic mass is 19.4. The van der Waals surface area contributed by atoms with Crippen LogP contribution in [0.3, 0.4) is 0 Å². The molecule has 0 atom stereocenters. The molecule has 0 heterocycles. The Labute approximate surface area is 234 Å². The molecule has 7 nitrogen and oxygen atoms in total. The molecule has 10 heteroatoms. The van der Waals surface area contributed by atoms with Crippen molar-refractivity contribution in [2.45, 2.75) is 64.5 Å². The molecule has 2 aromatic carbocycles. The summed E-state index contributed by atoms with van der Waals surface area (Å²) in [5.74, 6) is -0.838. The van der Waals surface area contributed by atoms with Crippen LogP contribution in [0.25, 0.3) is 0 Å². The number of carbonyl (C=O) groups is 2. The summed E-state index contributed by atoms with van der Waals surface area (Å²) in [5, 5.41) is 2.85. The standard InChI is InChI=1S/C30H40F3NO6/c1-2-3-4-5-6-7-8-16-28(35)39-21-19-37-17-18-38-20-22-40-29(36)26-14-9-10-15-27(26)34-25-13-11-12-24(23-25)30(31,32)33/h9-15,23,34H,2-8,16-22H2,1H3. The van der Waals surface area contributed by atoms with E-state index < -0.39 is 17.7 Å². The van der Waals surface area contributed by atoms with Gasteiger partial charge in [0.2, 0.25) is 0 Å². The molecule has 0 spiro atoms. The van der Waals surface area contributed by atoms with Crippen LogP contribution in [0, 0.1) is 0 Å². The van der Waals surface area contributed by atoms with Gasteiger partial charge in [0.15, 0.2) is 0 Å². The van der Waals surface area contributed by atoms with Gasteiger partial charge in [-0.15, -0.1) is 0 Å². The second kappa shape index (κ2) is 19.0. The molecule has 0 radical (unpaired) electrons. The molecule has 0 bridgehead atoms. The van der Waals surface area contributed by atoms with Crippen LogP contribution in [0.5, 0.6) is 0 Å². The fraction of sp³-hybridized carbons (Fsp3) is 0.533. The number of halogens is 3. The number of hydrogen-bond acceptors (Lipinski definition) is 7. The van der Waals surface area contributed by atoms with E-state index in [4.69, 9.17) is 18.9 Å². The number of ether oxygens (including phenoxy) is 4. The van der Waals surface area contributed by atoms with Crippen molar-refractivity contribution in [3.8, 4) is 0 Å². The molecule has 222 valence electrons. The molecular weight excluding hydrogens is 527 g/mol. The van der Waals surface area contributed by atoms with Crippen LogP contribution >= 0.6 is 0 Å². The zero-order chi connectivity index (χ0) is 29.1. The van der Waals surface area contributed by atoms with E-state index in [0.717, 1.165) is 31.4 Å². The van der Waals surface area contributed by atoms with Gasteiger partial charge in [-0.2, -0.15) is 13.2 Å². The smallest absolute Gasteiger partial charge is 0.416 e. The van der Waals surface area contributed by atoms with E-state index in [1.165, 1.54) is 43.9 Å². The third-order valence-electron chi connectivity index (χ3n) is 5.92. The van der Waals surface area contributed by atoms with E-state index in [2.05, 4.69) is 12.2 Å². The lowest BCUT2D eigenvalue weighted by atomic mass is 10.1. The van der Waals surface area contributed by atoms with Crippen molar-refractivity contribution in [1.82, 2.24) is 0 Å². The zero-order valence-electron chi connectivity index (χ0n) is 23.1. The van der Waals surface area contributed by atoms with Crippen molar-refractivity contribution in [3.63, 3.8) is 0 Å². The molecule has 0 aliphatic heterocycles. The topological polar surface area (TPSA) is 83.1 Å². The van der Waals surface area contributed by atoms with Crippen LogP contribution in [-0.2, 0) is 29.9 Å². The maximum atomic E-state index is 13.0. The molecule has 0 saturated carbocycles. The number of hydrogen-bond donors (Lipinski definition) is 1. The van der Waals surface area contributed by atoms with Gasteiger partial charge in [0, 0.05) is 12.1 Å². The van der Waals surface area contributed by atoms with Crippen LogP contribution in [0.4, 0.5) is 24.5 Å². The molecule has 2 rings (SSSR count). The first-order valence-electron chi connectivity index (χ1n) is 13.8. The average Bonchev–Trinajstić information content (AvgIpc) is 2.93. The Kier molecular flexibility index (Phi) is 15.8. The lowest BCUT2D eigenvalue weighted by molar-refractivity contribution is -0.145. The number of carbonyl (C=O) groups excluding carboxylic acids is 2. The molecule has 1 N–H and O–H groups in total. The number of unbranched alkanes of at least 4 members (excludes halogenated alkanes) is 6. The van der Waals surface area contributed by atoms with E-state index >= 15 is 0 Å². The van der Waals surface area contributed by atoms with Crippen molar-refractivity contribution in [3.05, 3.63) is 59.7 Å². The summed E-state index contributed by atoms with van der Waals surface area (Å²) in [6.45, 7) is 3.37. The van der Waals surface area contributed by atoms with E-state index in [-0.39, 0.29) is 50.3 Å². The number of rotatable bonds is 20. The van der Waals surface area contributed by atoms with Gasteiger partial charge >= 0.3 is 18.1 Å². The van der Waals surface area contributed by atoms with E-state index in [9.17, 15) is 22.8 Å². The van der Waals surface area contributed by atoms with Crippen LogP contribution in [-0.4, -0.2) is 51.6 Å². The fourth-order valence-electron chi connectivity index (χ4n) is 3.80. The van der Waals surface area contributed by atoms with Gasteiger partial charge in [-0.05, 0) is 36.8 Å². The van der Waals surface area contributed by atoms with Gasteiger partial charge in [-0.25, -0.2) is 4.79 Å². The maximum Gasteiger partial charge on any atom is 0.416 e. The Hall–Kier alpha value is -3.11. The summed E-state index contributed by atoms with van der Waals surface area (Å²) < 4.78 is 60.1. The first kappa shape index (κ1) is 33.1. The number of nitrogens with one attached hydrogen (secondary N) is 1. The molecule has 40 heavy (non-hydrogen) atoms. The average molecular weight is 568 g/mol. The summed E-state index contributed by atoms with van der Waals surface area (Å²) in [6.07, 6.45) is 3.99. The molecule has 0 unspecified atom stereocenters. The van der Waals surface area contributed by atoms with Gasteiger partial charge in [0.25, 0.3) is 0 Å². The fourth-order valence-corrected chi connectivity index (χ4v) is 3.80. The monoisotopic (exact) mass is 567 g/mol. The molecule has 0 amide bonds. The highest BCUT2D eigenvalue weighted by Gasteiger charge is 2.30. The first-order valence-corrected chi connectivity index (χ1v) is 13.8. The normalized spacial score (nSPS) is 11.3. The molecule has 0 aromatic heterocycles.